The van der Waals surface area contributed by atoms with Crippen LogP contribution in [-0.4, -0.2) is 46.7 Å². The van der Waals surface area contributed by atoms with E-state index in [4.69, 9.17) is 16.7 Å². The third-order valence-corrected chi connectivity index (χ3v) is 6.40. The maximum Gasteiger partial charge on any atom is 0.342 e. The SMILES string of the molecule is O=C(O)CC[C@H]1C(=O)N(S(=O)(=O)c2ccc(Cl)cc2)C(=O)N1Cc1ccccc1. The number of aliphatic carboxylic acids is 1. The number of benzene rings is 2. The summed E-state index contributed by atoms with van der Waals surface area (Å²) in [5.41, 5.74) is 0.680. The zero-order chi connectivity index (χ0) is 21.2. The molecule has 0 bridgehead atoms. The number of nitrogens with zero attached hydrogens (tertiary/aromatic N) is 2. The molecule has 152 valence electrons. The molecule has 1 atom stereocenters. The number of urea groups is 1. The minimum absolute atomic E-state index is 0.0255. The van der Waals surface area contributed by atoms with Crippen LogP contribution in [0.15, 0.2) is 59.5 Å². The fourth-order valence-electron chi connectivity index (χ4n) is 3.04. The summed E-state index contributed by atoms with van der Waals surface area (Å²) < 4.78 is 26.1. The molecular formula is C19H17ClN2O6S. The minimum Gasteiger partial charge on any atom is -0.481 e. The van der Waals surface area contributed by atoms with Crippen molar-refractivity contribution in [3.05, 3.63) is 65.2 Å². The predicted molar refractivity (Wildman–Crippen MR) is 104 cm³/mol. The molecule has 1 heterocycles. The fourth-order valence-corrected chi connectivity index (χ4v) is 4.53. The van der Waals surface area contributed by atoms with E-state index in [-0.39, 0.29) is 28.6 Å². The molecule has 0 spiro atoms. The summed E-state index contributed by atoms with van der Waals surface area (Å²) in [7, 11) is -4.46. The summed E-state index contributed by atoms with van der Waals surface area (Å²) >= 11 is 5.78. The first-order valence-electron chi connectivity index (χ1n) is 8.63. The molecule has 0 aromatic heterocycles. The van der Waals surface area contributed by atoms with E-state index < -0.39 is 34.0 Å². The Labute approximate surface area is 172 Å². The molecule has 1 N–H and O–H groups in total. The van der Waals surface area contributed by atoms with Crippen LogP contribution in [0.3, 0.4) is 0 Å². The zero-order valence-electron chi connectivity index (χ0n) is 15.1. The van der Waals surface area contributed by atoms with E-state index in [0.717, 1.165) is 4.90 Å². The lowest BCUT2D eigenvalue weighted by atomic mass is 10.1. The van der Waals surface area contributed by atoms with Gasteiger partial charge in [-0.25, -0.2) is 13.2 Å². The van der Waals surface area contributed by atoms with E-state index in [1.165, 1.54) is 24.3 Å². The van der Waals surface area contributed by atoms with Crippen molar-refractivity contribution in [3.8, 4) is 0 Å². The van der Waals surface area contributed by atoms with Crippen LogP contribution < -0.4 is 0 Å². The summed E-state index contributed by atoms with van der Waals surface area (Å²) in [5.74, 6) is -2.12. The van der Waals surface area contributed by atoms with Crippen molar-refractivity contribution >= 4 is 39.5 Å². The molecule has 1 saturated heterocycles. The number of amides is 3. The topological polar surface area (TPSA) is 112 Å². The van der Waals surface area contributed by atoms with Crippen molar-refractivity contribution in [1.82, 2.24) is 9.21 Å². The highest BCUT2D eigenvalue weighted by atomic mass is 35.5. The highest BCUT2D eigenvalue weighted by molar-refractivity contribution is 7.90. The van der Waals surface area contributed by atoms with Crippen LogP contribution in [0.1, 0.15) is 18.4 Å². The number of hydrogen-bond donors (Lipinski definition) is 1. The highest BCUT2D eigenvalue weighted by Crippen LogP contribution is 2.29. The van der Waals surface area contributed by atoms with Crippen molar-refractivity contribution in [3.63, 3.8) is 0 Å². The van der Waals surface area contributed by atoms with E-state index in [9.17, 15) is 22.8 Å². The first kappa shape index (κ1) is 20.8. The molecule has 8 nitrogen and oxygen atoms in total. The molecule has 1 aliphatic heterocycles. The van der Waals surface area contributed by atoms with E-state index in [0.29, 0.717) is 10.6 Å². The van der Waals surface area contributed by atoms with Gasteiger partial charge in [-0.15, -0.1) is 4.31 Å². The molecule has 0 unspecified atom stereocenters. The average Bonchev–Trinajstić information content (AvgIpc) is 2.91. The lowest BCUT2D eigenvalue weighted by Gasteiger charge is -2.21. The molecule has 0 radical (unpaired) electrons. The van der Waals surface area contributed by atoms with Gasteiger partial charge in [0.15, 0.2) is 0 Å². The third kappa shape index (κ3) is 4.25. The fraction of sp³-hybridized carbons (Fsp3) is 0.211. The largest absolute Gasteiger partial charge is 0.481 e. The summed E-state index contributed by atoms with van der Waals surface area (Å²) in [6.45, 7) is -0.0255. The molecule has 2 aromatic carbocycles. The first-order valence-corrected chi connectivity index (χ1v) is 10.4. The van der Waals surface area contributed by atoms with Crippen molar-refractivity contribution < 1.29 is 27.9 Å². The quantitative estimate of drug-likeness (QED) is 0.668. The molecule has 3 rings (SSSR count). The van der Waals surface area contributed by atoms with Gasteiger partial charge in [0.1, 0.15) is 6.04 Å². The Balaban J connectivity index is 1.97. The third-order valence-electron chi connectivity index (χ3n) is 4.46. The summed E-state index contributed by atoms with van der Waals surface area (Å²) in [4.78, 5) is 37.6. The molecule has 3 amide bonds. The van der Waals surface area contributed by atoms with Gasteiger partial charge >= 0.3 is 12.0 Å². The Kier molecular flexibility index (Phi) is 5.90. The maximum absolute atomic E-state index is 12.9. The van der Waals surface area contributed by atoms with Crippen LogP contribution in [0, 0.1) is 0 Å². The van der Waals surface area contributed by atoms with E-state index in [2.05, 4.69) is 0 Å². The second kappa shape index (κ2) is 8.22. The van der Waals surface area contributed by atoms with Crippen molar-refractivity contribution in [1.29, 1.82) is 0 Å². The Morgan fingerprint density at radius 2 is 1.66 bits per heavy atom. The number of rotatable bonds is 7. The number of hydrogen-bond acceptors (Lipinski definition) is 5. The number of carboxylic acids is 1. The predicted octanol–water partition coefficient (Wildman–Crippen LogP) is 2.73. The number of sulfonamides is 1. The lowest BCUT2D eigenvalue weighted by Crippen LogP contribution is -2.37. The molecule has 0 aliphatic carbocycles. The Morgan fingerprint density at radius 3 is 2.24 bits per heavy atom. The van der Waals surface area contributed by atoms with Crippen LogP contribution in [0.25, 0.3) is 0 Å². The van der Waals surface area contributed by atoms with Gasteiger partial charge in [-0.2, -0.15) is 0 Å². The number of carbonyl (C=O) groups excluding carboxylic acids is 2. The second-order valence-electron chi connectivity index (χ2n) is 6.41. The first-order chi connectivity index (χ1) is 13.7. The Morgan fingerprint density at radius 1 is 1.03 bits per heavy atom. The van der Waals surface area contributed by atoms with E-state index in [1.807, 2.05) is 0 Å². The highest BCUT2D eigenvalue weighted by Gasteiger charge is 2.51. The Hall–Kier alpha value is -2.91. The lowest BCUT2D eigenvalue weighted by molar-refractivity contribution is -0.137. The molecular weight excluding hydrogens is 420 g/mol. The Bertz CT molecular complexity index is 1040. The van der Waals surface area contributed by atoms with Gasteiger partial charge in [-0.1, -0.05) is 41.9 Å². The summed E-state index contributed by atoms with van der Waals surface area (Å²) in [6, 6.07) is 11.6. The van der Waals surface area contributed by atoms with E-state index in [1.54, 1.807) is 30.3 Å². The van der Waals surface area contributed by atoms with Gasteiger partial charge in [-0.05, 0) is 36.2 Å². The molecule has 1 fully saturated rings. The van der Waals surface area contributed by atoms with Gasteiger partial charge < -0.3 is 10.0 Å². The van der Waals surface area contributed by atoms with Crippen LogP contribution >= 0.6 is 11.6 Å². The number of halogens is 1. The average molecular weight is 437 g/mol. The number of carbonyl (C=O) groups is 3. The number of carboxylic acid groups (broad SMARTS) is 1. The van der Waals surface area contributed by atoms with Gasteiger partial charge in [-0.3, -0.25) is 9.59 Å². The van der Waals surface area contributed by atoms with Gasteiger partial charge in [0.05, 0.1) is 4.90 Å². The minimum atomic E-state index is -4.46. The van der Waals surface area contributed by atoms with Crippen molar-refractivity contribution in [2.75, 3.05) is 0 Å². The van der Waals surface area contributed by atoms with Crippen molar-refractivity contribution in [2.45, 2.75) is 30.3 Å². The van der Waals surface area contributed by atoms with Gasteiger partial charge in [0.2, 0.25) is 0 Å². The molecule has 2 aromatic rings. The monoisotopic (exact) mass is 436 g/mol. The normalized spacial score (nSPS) is 17.1. The second-order valence-corrected chi connectivity index (χ2v) is 8.63. The number of imide groups is 1. The molecule has 0 saturated carbocycles. The van der Waals surface area contributed by atoms with Gasteiger partial charge in [0, 0.05) is 18.0 Å². The van der Waals surface area contributed by atoms with Crippen LogP contribution in [0.2, 0.25) is 5.02 Å². The van der Waals surface area contributed by atoms with Crippen LogP contribution in [-0.2, 0) is 26.2 Å². The van der Waals surface area contributed by atoms with Crippen LogP contribution in [0.5, 0.6) is 0 Å². The summed E-state index contributed by atoms with van der Waals surface area (Å²) in [5, 5.41) is 9.27. The standard InChI is InChI=1S/C19H17ClN2O6S/c20-14-6-8-15(9-7-14)29(27,28)22-18(25)16(10-11-17(23)24)21(19(22)26)12-13-4-2-1-3-5-13/h1-9,16H,10-12H2,(H,23,24)/t16-/m0/s1. The maximum atomic E-state index is 12.9. The molecule has 1 aliphatic rings. The smallest absolute Gasteiger partial charge is 0.342 e. The molecule has 29 heavy (non-hydrogen) atoms. The zero-order valence-corrected chi connectivity index (χ0v) is 16.6. The van der Waals surface area contributed by atoms with Crippen molar-refractivity contribution in [2.24, 2.45) is 0 Å². The van der Waals surface area contributed by atoms with E-state index >= 15 is 0 Å². The summed E-state index contributed by atoms with van der Waals surface area (Å²) in [6.07, 6.45) is -0.580. The van der Waals surface area contributed by atoms with Crippen LogP contribution in [0.4, 0.5) is 4.79 Å². The molecule has 10 heteroatoms. The van der Waals surface area contributed by atoms with Gasteiger partial charge in [0.25, 0.3) is 15.9 Å².